The lowest BCUT2D eigenvalue weighted by atomic mass is 9.96. The van der Waals surface area contributed by atoms with E-state index < -0.39 is 5.97 Å². The molecule has 1 heterocycles. The maximum Gasteiger partial charge on any atom is 0.306 e. The van der Waals surface area contributed by atoms with Crippen molar-refractivity contribution in [2.75, 3.05) is 30.4 Å². The molecule has 1 fully saturated rings. The first-order chi connectivity index (χ1) is 11.5. The molecule has 2 amide bonds. The Balaban J connectivity index is 1.89. The number of likely N-dealkylation sites (tertiary alicyclic amines) is 1. The van der Waals surface area contributed by atoms with Crippen molar-refractivity contribution in [1.29, 1.82) is 0 Å². The number of thioether (sulfide) groups is 1. The minimum atomic E-state index is -0.788. The number of anilines is 1. The van der Waals surface area contributed by atoms with Gasteiger partial charge in [-0.2, -0.15) is 11.8 Å². The highest BCUT2D eigenvalue weighted by molar-refractivity contribution is 7.98. The van der Waals surface area contributed by atoms with Gasteiger partial charge in [0.05, 0.1) is 5.92 Å². The fraction of sp³-hybridized carbons (Fsp3) is 0.471. The summed E-state index contributed by atoms with van der Waals surface area (Å²) < 4.78 is 0. The van der Waals surface area contributed by atoms with Crippen molar-refractivity contribution in [2.45, 2.75) is 19.3 Å². The largest absolute Gasteiger partial charge is 0.481 e. The molecule has 2 N–H and O–H groups in total. The van der Waals surface area contributed by atoms with Gasteiger partial charge in [-0.25, -0.2) is 0 Å². The molecule has 1 saturated heterocycles. The van der Waals surface area contributed by atoms with Crippen LogP contribution in [0, 0.1) is 5.92 Å². The fourth-order valence-corrected chi connectivity index (χ4v) is 3.02. The number of carbonyl (C=O) groups excluding carboxylic acids is 2. The average molecular weight is 350 g/mol. The number of nitrogens with one attached hydrogen (secondary N) is 1. The van der Waals surface area contributed by atoms with Crippen LogP contribution >= 0.6 is 11.8 Å². The van der Waals surface area contributed by atoms with Crippen LogP contribution in [0.25, 0.3) is 0 Å². The summed E-state index contributed by atoms with van der Waals surface area (Å²) in [6, 6.07) is 6.81. The minimum Gasteiger partial charge on any atom is -0.481 e. The van der Waals surface area contributed by atoms with Crippen molar-refractivity contribution in [2.24, 2.45) is 5.92 Å². The first-order valence-corrected chi connectivity index (χ1v) is 9.31. The Bertz CT molecular complexity index is 595. The summed E-state index contributed by atoms with van der Waals surface area (Å²) in [5, 5.41) is 11.8. The van der Waals surface area contributed by atoms with E-state index in [1.165, 1.54) is 0 Å². The first-order valence-electron chi connectivity index (χ1n) is 7.92. The van der Waals surface area contributed by atoms with Crippen LogP contribution in [0.2, 0.25) is 0 Å². The van der Waals surface area contributed by atoms with Gasteiger partial charge >= 0.3 is 5.97 Å². The molecule has 24 heavy (non-hydrogen) atoms. The summed E-state index contributed by atoms with van der Waals surface area (Å²) in [5.41, 5.74) is 1.22. The van der Waals surface area contributed by atoms with Crippen LogP contribution in [0.15, 0.2) is 24.3 Å². The second kappa shape index (κ2) is 8.73. The van der Waals surface area contributed by atoms with Crippen molar-refractivity contribution in [3.8, 4) is 0 Å². The molecule has 130 valence electrons. The third-order valence-corrected chi connectivity index (χ3v) is 4.69. The number of amides is 2. The second-order valence-corrected chi connectivity index (χ2v) is 6.76. The van der Waals surface area contributed by atoms with Crippen molar-refractivity contribution >= 4 is 35.2 Å². The van der Waals surface area contributed by atoms with Crippen LogP contribution in [-0.4, -0.2) is 52.9 Å². The standard InChI is InChI=1S/C17H22N2O4S/c1-24-11-8-15(20)18-14-4-2-12(3-5-14)16(21)19-9-6-13(7-10-19)17(22)23/h2-5,13H,6-11H2,1H3,(H,18,20)(H,22,23). The topological polar surface area (TPSA) is 86.7 Å². The number of aliphatic carboxylic acids is 1. The third kappa shape index (κ3) is 4.99. The number of piperidine rings is 1. The van der Waals surface area contributed by atoms with E-state index >= 15 is 0 Å². The minimum absolute atomic E-state index is 0.0424. The molecule has 7 heteroatoms. The van der Waals surface area contributed by atoms with E-state index in [9.17, 15) is 14.4 Å². The monoisotopic (exact) mass is 350 g/mol. The van der Waals surface area contributed by atoms with Gasteiger partial charge in [-0.1, -0.05) is 0 Å². The molecule has 0 saturated carbocycles. The molecule has 0 radical (unpaired) electrons. The lowest BCUT2D eigenvalue weighted by Crippen LogP contribution is -2.40. The lowest BCUT2D eigenvalue weighted by molar-refractivity contribution is -0.143. The molecule has 0 aliphatic carbocycles. The zero-order valence-electron chi connectivity index (χ0n) is 13.7. The molecule has 0 spiro atoms. The number of nitrogens with zero attached hydrogens (tertiary/aromatic N) is 1. The zero-order chi connectivity index (χ0) is 17.5. The molecular weight excluding hydrogens is 328 g/mol. The van der Waals surface area contributed by atoms with E-state index in [-0.39, 0.29) is 17.7 Å². The van der Waals surface area contributed by atoms with E-state index in [2.05, 4.69) is 5.32 Å². The average Bonchev–Trinajstić information content (AvgIpc) is 2.60. The van der Waals surface area contributed by atoms with Crippen LogP contribution < -0.4 is 5.32 Å². The summed E-state index contributed by atoms with van der Waals surface area (Å²) in [5.74, 6) is -0.510. The predicted octanol–water partition coefficient (Wildman–Crippen LogP) is 2.32. The van der Waals surface area contributed by atoms with Gasteiger partial charge in [0, 0.05) is 36.5 Å². The van der Waals surface area contributed by atoms with Crippen LogP contribution in [-0.2, 0) is 9.59 Å². The molecule has 0 atom stereocenters. The van der Waals surface area contributed by atoms with Gasteiger partial charge in [0.25, 0.3) is 5.91 Å². The summed E-state index contributed by atoms with van der Waals surface area (Å²) in [6.07, 6.45) is 3.39. The Labute approximate surface area is 145 Å². The van der Waals surface area contributed by atoms with Crippen molar-refractivity contribution in [1.82, 2.24) is 4.90 Å². The summed E-state index contributed by atoms with van der Waals surface area (Å²) in [7, 11) is 0. The molecule has 1 aromatic rings. The highest BCUT2D eigenvalue weighted by Gasteiger charge is 2.27. The number of hydrogen-bond acceptors (Lipinski definition) is 4. The maximum absolute atomic E-state index is 12.4. The van der Waals surface area contributed by atoms with Gasteiger partial charge in [-0.05, 0) is 43.4 Å². The molecule has 1 aromatic carbocycles. The SMILES string of the molecule is CSCCC(=O)Nc1ccc(C(=O)N2CCC(C(=O)O)CC2)cc1. The number of carboxylic acids is 1. The normalized spacial score (nSPS) is 15.1. The second-order valence-electron chi connectivity index (χ2n) is 5.77. The van der Waals surface area contributed by atoms with Gasteiger partial charge in [-0.3, -0.25) is 14.4 Å². The van der Waals surface area contributed by atoms with Crippen LogP contribution in [0.5, 0.6) is 0 Å². The molecule has 0 unspecified atom stereocenters. The van der Waals surface area contributed by atoms with Gasteiger partial charge in [0.2, 0.25) is 5.91 Å². The Morgan fingerprint density at radius 3 is 2.38 bits per heavy atom. The summed E-state index contributed by atoms with van der Waals surface area (Å²) >= 11 is 1.62. The van der Waals surface area contributed by atoms with Gasteiger partial charge in [-0.15, -0.1) is 0 Å². The first kappa shape index (κ1) is 18.3. The number of benzene rings is 1. The Kier molecular flexibility index (Phi) is 6.66. The lowest BCUT2D eigenvalue weighted by Gasteiger charge is -2.30. The third-order valence-electron chi connectivity index (χ3n) is 4.08. The quantitative estimate of drug-likeness (QED) is 0.822. The molecule has 1 aliphatic rings. The number of hydrogen-bond donors (Lipinski definition) is 2. The van der Waals surface area contributed by atoms with E-state index in [0.29, 0.717) is 43.6 Å². The van der Waals surface area contributed by atoms with E-state index in [0.717, 1.165) is 5.75 Å². The van der Waals surface area contributed by atoms with Crippen LogP contribution in [0.4, 0.5) is 5.69 Å². The molecule has 0 aromatic heterocycles. The molecule has 2 rings (SSSR count). The fourth-order valence-electron chi connectivity index (χ4n) is 2.63. The zero-order valence-corrected chi connectivity index (χ0v) is 14.5. The van der Waals surface area contributed by atoms with Crippen molar-refractivity contribution < 1.29 is 19.5 Å². The van der Waals surface area contributed by atoms with E-state index in [1.807, 2.05) is 6.26 Å². The Morgan fingerprint density at radius 1 is 1.21 bits per heavy atom. The van der Waals surface area contributed by atoms with Crippen molar-refractivity contribution in [3.05, 3.63) is 29.8 Å². The summed E-state index contributed by atoms with van der Waals surface area (Å²) in [4.78, 5) is 36.8. The van der Waals surface area contributed by atoms with Crippen LogP contribution in [0.1, 0.15) is 29.6 Å². The smallest absolute Gasteiger partial charge is 0.306 e. The maximum atomic E-state index is 12.4. The molecule has 0 bridgehead atoms. The highest BCUT2D eigenvalue weighted by Crippen LogP contribution is 2.20. The summed E-state index contributed by atoms with van der Waals surface area (Å²) in [6.45, 7) is 0.923. The van der Waals surface area contributed by atoms with Gasteiger partial charge < -0.3 is 15.3 Å². The molecule has 1 aliphatic heterocycles. The van der Waals surface area contributed by atoms with E-state index in [4.69, 9.17) is 5.11 Å². The van der Waals surface area contributed by atoms with Gasteiger partial charge in [0.1, 0.15) is 0 Å². The molecular formula is C17H22N2O4S. The Morgan fingerprint density at radius 2 is 1.83 bits per heavy atom. The van der Waals surface area contributed by atoms with E-state index in [1.54, 1.807) is 40.9 Å². The Hall–Kier alpha value is -2.02. The van der Waals surface area contributed by atoms with Crippen LogP contribution in [0.3, 0.4) is 0 Å². The number of carbonyl (C=O) groups is 3. The predicted molar refractivity (Wildman–Crippen MR) is 94.3 cm³/mol. The molecule has 6 nitrogen and oxygen atoms in total. The van der Waals surface area contributed by atoms with Gasteiger partial charge in [0.15, 0.2) is 0 Å². The highest BCUT2D eigenvalue weighted by atomic mass is 32.2. The number of carboxylic acid groups (broad SMARTS) is 1. The van der Waals surface area contributed by atoms with Crippen molar-refractivity contribution in [3.63, 3.8) is 0 Å². The number of rotatable bonds is 6.